The molecule has 0 bridgehead atoms. The second-order valence-electron chi connectivity index (χ2n) is 6.93. The predicted molar refractivity (Wildman–Crippen MR) is 107 cm³/mol. The van der Waals surface area contributed by atoms with Gasteiger partial charge in [-0.05, 0) is 66.0 Å². The van der Waals surface area contributed by atoms with Crippen LogP contribution in [0.25, 0.3) is 5.65 Å². The molecule has 0 aliphatic heterocycles. The molecule has 1 amide bonds. The molecule has 2 heterocycles. The highest BCUT2D eigenvalue weighted by Crippen LogP contribution is 2.22. The summed E-state index contributed by atoms with van der Waals surface area (Å²) >= 11 is 3.47. The zero-order chi connectivity index (χ0) is 19.6. The molecule has 0 unspecified atom stereocenters. The first-order chi connectivity index (χ1) is 12.8. The van der Waals surface area contributed by atoms with Gasteiger partial charge in [-0.15, -0.1) is 10.2 Å². The van der Waals surface area contributed by atoms with Crippen molar-refractivity contribution in [1.29, 1.82) is 0 Å². The van der Waals surface area contributed by atoms with Gasteiger partial charge in [0.25, 0.3) is 0 Å². The average Bonchev–Trinajstić information content (AvgIpc) is 3.03. The van der Waals surface area contributed by atoms with Gasteiger partial charge < -0.3 is 15.8 Å². The first-order valence-corrected chi connectivity index (χ1v) is 9.30. The molecular formula is C19H22BrN5O2. The van der Waals surface area contributed by atoms with E-state index in [1.165, 1.54) is 0 Å². The summed E-state index contributed by atoms with van der Waals surface area (Å²) in [7, 11) is 1.63. The van der Waals surface area contributed by atoms with Crippen molar-refractivity contribution >= 4 is 27.5 Å². The maximum atomic E-state index is 12.5. The molecule has 0 aliphatic carbocycles. The van der Waals surface area contributed by atoms with Crippen LogP contribution >= 0.6 is 15.9 Å². The van der Waals surface area contributed by atoms with E-state index in [0.717, 1.165) is 15.8 Å². The SMILES string of the molecule is COc1ccc(C[C@@H](NC(=O)C(C)(C)N)c2nnc3ccc(Br)cn23)cc1. The van der Waals surface area contributed by atoms with Crippen LogP contribution in [0, 0.1) is 0 Å². The number of aromatic nitrogens is 3. The van der Waals surface area contributed by atoms with Crippen molar-refractivity contribution < 1.29 is 9.53 Å². The van der Waals surface area contributed by atoms with E-state index in [-0.39, 0.29) is 5.91 Å². The molecule has 0 aliphatic rings. The van der Waals surface area contributed by atoms with Crippen LogP contribution in [-0.2, 0) is 11.2 Å². The van der Waals surface area contributed by atoms with Crippen LogP contribution in [0.1, 0.15) is 31.3 Å². The van der Waals surface area contributed by atoms with E-state index in [9.17, 15) is 4.79 Å². The van der Waals surface area contributed by atoms with Gasteiger partial charge in [-0.2, -0.15) is 0 Å². The first kappa shape index (κ1) is 19.3. The third-order valence-corrected chi connectivity index (χ3v) is 4.66. The van der Waals surface area contributed by atoms with Gasteiger partial charge in [0.2, 0.25) is 5.91 Å². The van der Waals surface area contributed by atoms with E-state index < -0.39 is 11.6 Å². The van der Waals surface area contributed by atoms with Gasteiger partial charge in [-0.1, -0.05) is 12.1 Å². The maximum Gasteiger partial charge on any atom is 0.240 e. The summed E-state index contributed by atoms with van der Waals surface area (Å²) in [5.41, 5.74) is 6.70. The molecule has 0 saturated heterocycles. The smallest absolute Gasteiger partial charge is 0.240 e. The fraction of sp³-hybridized carbons (Fsp3) is 0.316. The Hall–Kier alpha value is -2.45. The summed E-state index contributed by atoms with van der Waals surface area (Å²) < 4.78 is 7.96. The van der Waals surface area contributed by atoms with Crippen LogP contribution in [0.5, 0.6) is 5.75 Å². The summed E-state index contributed by atoms with van der Waals surface area (Å²) in [6.45, 7) is 3.34. The Morgan fingerprint density at radius 3 is 2.59 bits per heavy atom. The number of hydrogen-bond acceptors (Lipinski definition) is 5. The van der Waals surface area contributed by atoms with Crippen LogP contribution in [0.15, 0.2) is 47.1 Å². The number of ether oxygens (including phenoxy) is 1. The van der Waals surface area contributed by atoms with E-state index in [1.54, 1.807) is 21.0 Å². The minimum absolute atomic E-state index is 0.257. The number of nitrogens with two attached hydrogens (primary N) is 1. The normalized spacial score (nSPS) is 12.8. The van der Waals surface area contributed by atoms with E-state index in [2.05, 4.69) is 31.4 Å². The van der Waals surface area contributed by atoms with E-state index >= 15 is 0 Å². The molecule has 3 aromatic rings. The molecule has 3 rings (SSSR count). The van der Waals surface area contributed by atoms with Crippen molar-refractivity contribution in [2.24, 2.45) is 5.73 Å². The van der Waals surface area contributed by atoms with Crippen molar-refractivity contribution in [3.05, 3.63) is 58.5 Å². The minimum atomic E-state index is -1.00. The second kappa shape index (κ2) is 7.66. The molecule has 27 heavy (non-hydrogen) atoms. The molecule has 0 fully saturated rings. The van der Waals surface area contributed by atoms with Crippen molar-refractivity contribution in [1.82, 2.24) is 19.9 Å². The number of halogens is 1. The summed E-state index contributed by atoms with van der Waals surface area (Å²) in [5, 5.41) is 11.5. The fourth-order valence-electron chi connectivity index (χ4n) is 2.67. The standard InChI is InChI=1S/C19H22BrN5O2/c1-19(2,21)18(26)22-15(10-12-4-7-14(27-3)8-5-12)17-24-23-16-9-6-13(20)11-25(16)17/h4-9,11,15H,10,21H2,1-3H3,(H,22,26)/t15-/m1/s1. The molecular weight excluding hydrogens is 410 g/mol. The quantitative estimate of drug-likeness (QED) is 0.625. The largest absolute Gasteiger partial charge is 0.497 e. The number of nitrogens with zero attached hydrogens (tertiary/aromatic N) is 3. The van der Waals surface area contributed by atoms with E-state index in [0.29, 0.717) is 17.9 Å². The molecule has 0 radical (unpaired) electrons. The summed E-state index contributed by atoms with van der Waals surface area (Å²) in [4.78, 5) is 12.5. The maximum absolute atomic E-state index is 12.5. The lowest BCUT2D eigenvalue weighted by molar-refractivity contribution is -0.126. The Balaban J connectivity index is 1.97. The Labute approximate surface area is 166 Å². The van der Waals surface area contributed by atoms with E-state index in [1.807, 2.05) is 47.0 Å². The van der Waals surface area contributed by atoms with E-state index in [4.69, 9.17) is 10.5 Å². The van der Waals surface area contributed by atoms with Gasteiger partial charge in [0.05, 0.1) is 18.7 Å². The second-order valence-corrected chi connectivity index (χ2v) is 7.85. The molecule has 1 atom stereocenters. The number of methoxy groups -OCH3 is 1. The molecule has 1 aromatic carbocycles. The summed E-state index contributed by atoms with van der Waals surface area (Å²) in [6.07, 6.45) is 2.42. The monoisotopic (exact) mass is 431 g/mol. The van der Waals surface area contributed by atoms with Crippen LogP contribution in [-0.4, -0.2) is 33.2 Å². The van der Waals surface area contributed by atoms with Crippen LogP contribution in [0.4, 0.5) is 0 Å². The Kier molecular flexibility index (Phi) is 5.48. The lowest BCUT2D eigenvalue weighted by Gasteiger charge is -2.23. The molecule has 142 valence electrons. The molecule has 7 nitrogen and oxygen atoms in total. The number of amides is 1. The lowest BCUT2D eigenvalue weighted by Crippen LogP contribution is -2.50. The van der Waals surface area contributed by atoms with Crippen LogP contribution < -0.4 is 15.8 Å². The van der Waals surface area contributed by atoms with Gasteiger partial charge in [0.1, 0.15) is 5.75 Å². The zero-order valence-electron chi connectivity index (χ0n) is 15.4. The average molecular weight is 432 g/mol. The van der Waals surface area contributed by atoms with Gasteiger partial charge in [-0.25, -0.2) is 0 Å². The van der Waals surface area contributed by atoms with Gasteiger partial charge >= 0.3 is 0 Å². The predicted octanol–water partition coefficient (Wildman–Crippen LogP) is 2.64. The van der Waals surface area contributed by atoms with Crippen molar-refractivity contribution in [2.45, 2.75) is 31.8 Å². The zero-order valence-corrected chi connectivity index (χ0v) is 17.0. The topological polar surface area (TPSA) is 94.5 Å². The Morgan fingerprint density at radius 1 is 1.26 bits per heavy atom. The van der Waals surface area contributed by atoms with Crippen molar-refractivity contribution in [3.8, 4) is 5.75 Å². The number of hydrogen-bond donors (Lipinski definition) is 2. The van der Waals surface area contributed by atoms with Gasteiger partial charge in [0, 0.05) is 10.7 Å². The lowest BCUT2D eigenvalue weighted by atomic mass is 10.0. The number of carbonyl (C=O) groups excluding carboxylic acids is 1. The number of benzene rings is 1. The number of rotatable bonds is 6. The summed E-state index contributed by atoms with van der Waals surface area (Å²) in [6, 6.07) is 11.1. The van der Waals surface area contributed by atoms with Crippen molar-refractivity contribution in [2.75, 3.05) is 7.11 Å². The van der Waals surface area contributed by atoms with Crippen LogP contribution in [0.3, 0.4) is 0 Å². The molecule has 0 spiro atoms. The Bertz CT molecular complexity index is 947. The van der Waals surface area contributed by atoms with Crippen LogP contribution in [0.2, 0.25) is 0 Å². The molecule has 0 saturated carbocycles. The number of pyridine rings is 1. The third kappa shape index (κ3) is 4.45. The number of carbonyl (C=O) groups is 1. The minimum Gasteiger partial charge on any atom is -0.497 e. The van der Waals surface area contributed by atoms with Gasteiger partial charge in [-0.3, -0.25) is 9.20 Å². The number of fused-ring (bicyclic) bond motifs is 1. The highest BCUT2D eigenvalue weighted by atomic mass is 79.9. The number of nitrogens with one attached hydrogen (secondary N) is 1. The van der Waals surface area contributed by atoms with Crippen molar-refractivity contribution in [3.63, 3.8) is 0 Å². The highest BCUT2D eigenvalue weighted by Gasteiger charge is 2.28. The van der Waals surface area contributed by atoms with Gasteiger partial charge in [0.15, 0.2) is 11.5 Å². The third-order valence-electron chi connectivity index (χ3n) is 4.19. The fourth-order valence-corrected chi connectivity index (χ4v) is 3.01. The summed E-state index contributed by atoms with van der Waals surface area (Å²) in [5.74, 6) is 1.16. The molecule has 8 heteroatoms. The first-order valence-electron chi connectivity index (χ1n) is 8.51. The highest BCUT2D eigenvalue weighted by molar-refractivity contribution is 9.10. The molecule has 3 N–H and O–H groups in total. The Morgan fingerprint density at radius 2 is 1.96 bits per heavy atom. The molecule has 2 aromatic heterocycles.